The zero-order valence-corrected chi connectivity index (χ0v) is 14.9. The fraction of sp³-hybridized carbons (Fsp3) is 0.350. The van der Waals surface area contributed by atoms with Gasteiger partial charge >= 0.3 is 0 Å². The van der Waals surface area contributed by atoms with Crippen LogP contribution < -0.4 is 0 Å². The third-order valence-electron chi connectivity index (χ3n) is 4.37. The molecule has 1 aromatic carbocycles. The second-order valence-electron chi connectivity index (χ2n) is 6.16. The molecule has 0 N–H and O–H groups in total. The van der Waals surface area contributed by atoms with Gasteiger partial charge in [0.1, 0.15) is 5.03 Å². The Morgan fingerprint density at radius 1 is 1.28 bits per heavy atom. The molecule has 0 radical (unpaired) electrons. The van der Waals surface area contributed by atoms with E-state index in [4.69, 9.17) is 5.26 Å². The van der Waals surface area contributed by atoms with Crippen molar-refractivity contribution in [1.29, 1.82) is 5.26 Å². The molecule has 25 heavy (non-hydrogen) atoms. The highest BCUT2D eigenvalue weighted by Crippen LogP contribution is 2.24. The predicted molar refractivity (Wildman–Crippen MR) is 99.3 cm³/mol. The first-order valence-corrected chi connectivity index (χ1v) is 9.57. The van der Waals surface area contributed by atoms with E-state index in [9.17, 15) is 4.79 Å². The molecule has 0 spiro atoms. The summed E-state index contributed by atoms with van der Waals surface area (Å²) in [6, 6.07) is 16.3. The van der Waals surface area contributed by atoms with Crippen LogP contribution in [0, 0.1) is 17.2 Å². The van der Waals surface area contributed by atoms with Crippen LogP contribution >= 0.6 is 11.8 Å². The van der Waals surface area contributed by atoms with E-state index in [2.05, 4.69) is 23.2 Å². The van der Waals surface area contributed by atoms with E-state index in [-0.39, 0.29) is 11.8 Å². The SMILES string of the molecule is N#CC1CCCN(C(=O)c2cccnc2SCCc2ccccc2)C1. The Balaban J connectivity index is 1.66. The maximum absolute atomic E-state index is 12.9. The number of nitriles is 1. The number of benzene rings is 1. The average Bonchev–Trinajstić information content (AvgIpc) is 2.69. The summed E-state index contributed by atoms with van der Waals surface area (Å²) in [5.74, 6) is 0.820. The normalized spacial score (nSPS) is 17.1. The van der Waals surface area contributed by atoms with E-state index in [1.807, 2.05) is 24.3 Å². The first kappa shape index (κ1) is 17.5. The molecule has 1 atom stereocenters. The van der Waals surface area contributed by atoms with Gasteiger partial charge in [-0.3, -0.25) is 4.79 Å². The molecule has 1 aromatic heterocycles. The summed E-state index contributed by atoms with van der Waals surface area (Å²) >= 11 is 1.62. The number of carbonyl (C=O) groups is 1. The van der Waals surface area contributed by atoms with Crippen molar-refractivity contribution in [1.82, 2.24) is 9.88 Å². The fourth-order valence-corrected chi connectivity index (χ4v) is 3.99. The van der Waals surface area contributed by atoms with Crippen molar-refractivity contribution in [2.75, 3.05) is 18.8 Å². The van der Waals surface area contributed by atoms with Crippen molar-refractivity contribution in [2.45, 2.75) is 24.3 Å². The van der Waals surface area contributed by atoms with Crippen LogP contribution in [0.1, 0.15) is 28.8 Å². The van der Waals surface area contributed by atoms with Crippen LogP contribution in [-0.4, -0.2) is 34.6 Å². The van der Waals surface area contributed by atoms with Crippen molar-refractivity contribution in [3.8, 4) is 6.07 Å². The van der Waals surface area contributed by atoms with Crippen LogP contribution in [0.3, 0.4) is 0 Å². The number of likely N-dealkylation sites (tertiary alicyclic amines) is 1. The minimum Gasteiger partial charge on any atom is -0.337 e. The standard InChI is InChI=1S/C20H21N3OS/c21-14-17-8-5-12-23(15-17)20(24)18-9-4-11-22-19(18)25-13-10-16-6-2-1-3-7-16/h1-4,6-7,9,11,17H,5,8,10,12-13,15H2. The van der Waals surface area contributed by atoms with Crippen LogP contribution in [0.2, 0.25) is 0 Å². The Bertz CT molecular complexity index is 757. The quantitative estimate of drug-likeness (QED) is 0.769. The molecule has 128 valence electrons. The first-order valence-electron chi connectivity index (χ1n) is 8.58. The Labute approximate surface area is 152 Å². The van der Waals surface area contributed by atoms with Crippen molar-refractivity contribution >= 4 is 17.7 Å². The number of amides is 1. The smallest absolute Gasteiger partial charge is 0.256 e. The summed E-state index contributed by atoms with van der Waals surface area (Å²) in [6.45, 7) is 1.25. The van der Waals surface area contributed by atoms with E-state index in [1.165, 1.54) is 5.56 Å². The van der Waals surface area contributed by atoms with Crippen molar-refractivity contribution in [3.63, 3.8) is 0 Å². The van der Waals surface area contributed by atoms with Crippen LogP contribution in [0.4, 0.5) is 0 Å². The summed E-state index contributed by atoms with van der Waals surface area (Å²) in [6.07, 6.45) is 4.44. The topological polar surface area (TPSA) is 57.0 Å². The zero-order valence-electron chi connectivity index (χ0n) is 14.1. The number of aryl methyl sites for hydroxylation is 1. The van der Waals surface area contributed by atoms with Gasteiger partial charge in [0.05, 0.1) is 17.6 Å². The fourth-order valence-electron chi connectivity index (χ4n) is 3.02. The second-order valence-corrected chi connectivity index (χ2v) is 7.24. The number of carbonyl (C=O) groups excluding carboxylic acids is 1. The predicted octanol–water partition coefficient (Wildman–Crippen LogP) is 3.79. The van der Waals surface area contributed by atoms with Gasteiger partial charge in [-0.1, -0.05) is 30.3 Å². The molecule has 1 fully saturated rings. The molecular weight excluding hydrogens is 330 g/mol. The summed E-state index contributed by atoms with van der Waals surface area (Å²) in [5.41, 5.74) is 1.94. The lowest BCUT2D eigenvalue weighted by Gasteiger charge is -2.30. The molecule has 2 heterocycles. The monoisotopic (exact) mass is 351 g/mol. The highest BCUT2D eigenvalue weighted by Gasteiger charge is 2.26. The summed E-state index contributed by atoms with van der Waals surface area (Å²) in [5, 5.41) is 9.92. The molecule has 3 rings (SSSR count). The van der Waals surface area contributed by atoms with Crippen LogP contribution in [0.25, 0.3) is 0 Å². The average molecular weight is 351 g/mol. The molecule has 0 aliphatic carbocycles. The molecule has 1 amide bonds. The third kappa shape index (κ3) is 4.61. The second kappa shape index (κ2) is 8.68. The minimum absolute atomic E-state index is 0.00439. The number of rotatable bonds is 5. The van der Waals surface area contributed by atoms with E-state index >= 15 is 0 Å². The lowest BCUT2D eigenvalue weighted by atomic mass is 9.99. The molecule has 1 unspecified atom stereocenters. The molecule has 4 nitrogen and oxygen atoms in total. The van der Waals surface area contributed by atoms with Gasteiger partial charge in [0, 0.05) is 25.0 Å². The van der Waals surface area contributed by atoms with Crippen LogP contribution in [0.15, 0.2) is 53.7 Å². The number of hydrogen-bond acceptors (Lipinski definition) is 4. The molecule has 2 aromatic rings. The van der Waals surface area contributed by atoms with Gasteiger partial charge in [-0.25, -0.2) is 4.98 Å². The first-order chi connectivity index (χ1) is 12.3. The maximum atomic E-state index is 12.9. The summed E-state index contributed by atoms with van der Waals surface area (Å²) in [4.78, 5) is 19.1. The van der Waals surface area contributed by atoms with Gasteiger partial charge in [-0.2, -0.15) is 5.26 Å². The van der Waals surface area contributed by atoms with Crippen LogP contribution in [0.5, 0.6) is 0 Å². The Hall–Kier alpha value is -2.32. The van der Waals surface area contributed by atoms with Gasteiger partial charge < -0.3 is 4.90 Å². The summed E-state index contributed by atoms with van der Waals surface area (Å²) < 4.78 is 0. The zero-order chi connectivity index (χ0) is 17.5. The van der Waals surface area contributed by atoms with E-state index in [0.29, 0.717) is 12.1 Å². The number of hydrogen-bond donors (Lipinski definition) is 0. The number of thioether (sulfide) groups is 1. The minimum atomic E-state index is -0.0523. The van der Waals surface area contributed by atoms with E-state index in [1.54, 1.807) is 28.9 Å². The molecule has 5 heteroatoms. The van der Waals surface area contributed by atoms with E-state index < -0.39 is 0 Å². The van der Waals surface area contributed by atoms with Crippen LogP contribution in [-0.2, 0) is 6.42 Å². The Morgan fingerprint density at radius 2 is 2.12 bits per heavy atom. The number of piperidine rings is 1. The number of pyridine rings is 1. The highest BCUT2D eigenvalue weighted by atomic mass is 32.2. The van der Waals surface area contributed by atoms with Gasteiger partial charge in [-0.15, -0.1) is 11.8 Å². The van der Waals surface area contributed by atoms with Gasteiger partial charge in [-0.05, 0) is 37.0 Å². The molecule has 1 saturated heterocycles. The van der Waals surface area contributed by atoms with Crippen molar-refractivity contribution < 1.29 is 4.79 Å². The lowest BCUT2D eigenvalue weighted by Crippen LogP contribution is -2.39. The Morgan fingerprint density at radius 3 is 2.92 bits per heavy atom. The van der Waals surface area contributed by atoms with Gasteiger partial charge in [0.2, 0.25) is 0 Å². The van der Waals surface area contributed by atoms with Crippen molar-refractivity contribution in [2.24, 2.45) is 5.92 Å². The molecule has 1 aliphatic heterocycles. The number of aromatic nitrogens is 1. The summed E-state index contributed by atoms with van der Waals surface area (Å²) in [7, 11) is 0. The molecular formula is C20H21N3OS. The molecule has 0 bridgehead atoms. The largest absolute Gasteiger partial charge is 0.337 e. The van der Waals surface area contributed by atoms with Crippen molar-refractivity contribution in [3.05, 3.63) is 59.8 Å². The highest BCUT2D eigenvalue weighted by molar-refractivity contribution is 7.99. The molecule has 1 aliphatic rings. The van der Waals surface area contributed by atoms with Gasteiger partial charge in [0.15, 0.2) is 0 Å². The third-order valence-corrected chi connectivity index (χ3v) is 5.37. The molecule has 0 saturated carbocycles. The number of nitrogens with zero attached hydrogens (tertiary/aromatic N) is 3. The van der Waals surface area contributed by atoms with Gasteiger partial charge in [0.25, 0.3) is 5.91 Å². The Kier molecular flexibility index (Phi) is 6.08. The maximum Gasteiger partial charge on any atom is 0.256 e. The van der Waals surface area contributed by atoms with E-state index in [0.717, 1.165) is 36.6 Å². The lowest BCUT2D eigenvalue weighted by molar-refractivity contribution is 0.0694.